The zero-order valence-electron chi connectivity index (χ0n) is 8.07. The molecule has 0 aliphatic carbocycles. The summed E-state index contributed by atoms with van der Waals surface area (Å²) < 4.78 is 4.19. The largest absolute Gasteiger partial charge is 0.392 e. The third-order valence-corrected chi connectivity index (χ3v) is 1.98. The van der Waals surface area contributed by atoms with Crippen LogP contribution in [0.2, 0.25) is 5.02 Å². The predicted octanol–water partition coefficient (Wildman–Crippen LogP) is 2.44. The van der Waals surface area contributed by atoms with E-state index in [1.807, 2.05) is 0 Å². The van der Waals surface area contributed by atoms with E-state index < -0.39 is 5.97 Å². The fourth-order valence-electron chi connectivity index (χ4n) is 1.00. The molecule has 0 heterocycles. The number of benzene rings is 1. The van der Waals surface area contributed by atoms with Gasteiger partial charge < -0.3 is 4.74 Å². The van der Waals surface area contributed by atoms with Gasteiger partial charge in [0, 0.05) is 10.6 Å². The Hall–Kier alpha value is -1.61. The van der Waals surface area contributed by atoms with Gasteiger partial charge in [-0.1, -0.05) is 23.7 Å². The summed E-state index contributed by atoms with van der Waals surface area (Å²) in [6.45, 7) is 1.68. The smallest absolute Gasteiger partial charge is 0.341 e. The molecule has 0 atom stereocenters. The van der Waals surface area contributed by atoms with Gasteiger partial charge in [0.15, 0.2) is 0 Å². The molecule has 0 saturated carbocycles. The van der Waals surface area contributed by atoms with Crippen LogP contribution in [0.3, 0.4) is 0 Å². The molecule has 3 nitrogen and oxygen atoms in total. The zero-order valence-corrected chi connectivity index (χ0v) is 8.82. The van der Waals surface area contributed by atoms with Crippen LogP contribution in [0.1, 0.15) is 12.5 Å². The summed E-state index contributed by atoms with van der Waals surface area (Å²) in [5.74, 6) is -0.653. The number of rotatable bonds is 3. The van der Waals surface area contributed by atoms with Crippen molar-refractivity contribution in [1.29, 1.82) is 0 Å². The highest BCUT2D eigenvalue weighted by Crippen LogP contribution is 2.12. The molecule has 0 aromatic heterocycles. The second-order valence-electron chi connectivity index (χ2n) is 2.88. The fourth-order valence-corrected chi connectivity index (χ4v) is 1.13. The zero-order chi connectivity index (χ0) is 11.3. The fraction of sp³-hybridized carbons (Fsp3) is 0.0909. The van der Waals surface area contributed by atoms with Crippen LogP contribution in [0.25, 0.3) is 6.08 Å². The van der Waals surface area contributed by atoms with Crippen LogP contribution in [0.5, 0.6) is 0 Å². The third kappa shape index (κ3) is 3.56. The lowest BCUT2D eigenvalue weighted by atomic mass is 10.1. The normalized spacial score (nSPS) is 10.9. The van der Waals surface area contributed by atoms with Crippen molar-refractivity contribution in [3.8, 4) is 0 Å². The summed E-state index contributed by atoms with van der Waals surface area (Å²) in [4.78, 5) is 21.0. The molecule has 0 unspecified atom stereocenters. The van der Waals surface area contributed by atoms with Crippen LogP contribution in [0.15, 0.2) is 29.8 Å². The molecule has 0 aliphatic heterocycles. The van der Waals surface area contributed by atoms with E-state index in [4.69, 9.17) is 11.6 Å². The predicted molar refractivity (Wildman–Crippen MR) is 57.3 cm³/mol. The molecule has 0 radical (unpaired) electrons. The van der Waals surface area contributed by atoms with E-state index in [9.17, 15) is 9.59 Å². The maximum absolute atomic E-state index is 11.1. The van der Waals surface area contributed by atoms with Gasteiger partial charge in [-0.15, -0.1) is 0 Å². The van der Waals surface area contributed by atoms with Gasteiger partial charge in [0.1, 0.15) is 0 Å². The molecule has 15 heavy (non-hydrogen) atoms. The molecule has 0 fully saturated rings. The van der Waals surface area contributed by atoms with E-state index in [1.54, 1.807) is 37.3 Å². The number of hydrogen-bond donors (Lipinski definition) is 0. The van der Waals surface area contributed by atoms with Crippen LogP contribution in [0.4, 0.5) is 0 Å². The molecule has 0 spiro atoms. The molecular formula is C11H9ClO3. The summed E-state index contributed by atoms with van der Waals surface area (Å²) in [6, 6.07) is 6.96. The van der Waals surface area contributed by atoms with Crippen molar-refractivity contribution < 1.29 is 14.3 Å². The van der Waals surface area contributed by atoms with E-state index in [-0.39, 0.29) is 6.47 Å². The van der Waals surface area contributed by atoms with Gasteiger partial charge in [0.2, 0.25) is 0 Å². The van der Waals surface area contributed by atoms with Gasteiger partial charge in [-0.25, -0.2) is 4.79 Å². The lowest BCUT2D eigenvalue weighted by molar-refractivity contribution is -0.148. The SMILES string of the molecule is CC(=Cc1ccc(Cl)cc1)C(=O)OC=O. The Kier molecular flexibility index (Phi) is 4.06. The topological polar surface area (TPSA) is 43.4 Å². The Balaban J connectivity index is 2.82. The highest BCUT2D eigenvalue weighted by Gasteiger charge is 2.04. The molecule has 0 amide bonds. The minimum absolute atomic E-state index is 0.113. The number of ether oxygens (including phenoxy) is 1. The highest BCUT2D eigenvalue weighted by atomic mass is 35.5. The maximum atomic E-state index is 11.1. The summed E-state index contributed by atoms with van der Waals surface area (Å²) in [5, 5.41) is 0.625. The molecule has 0 N–H and O–H groups in total. The molecule has 1 rings (SSSR count). The van der Waals surface area contributed by atoms with E-state index in [2.05, 4.69) is 4.74 Å². The molecule has 78 valence electrons. The van der Waals surface area contributed by atoms with Gasteiger partial charge in [0.05, 0.1) is 0 Å². The van der Waals surface area contributed by atoms with Crippen molar-refractivity contribution in [2.45, 2.75) is 6.92 Å². The first kappa shape index (κ1) is 11.5. The Bertz CT molecular complexity index is 393. The first-order valence-electron chi connectivity index (χ1n) is 4.22. The van der Waals surface area contributed by atoms with Crippen LogP contribution in [-0.4, -0.2) is 12.4 Å². The lowest BCUT2D eigenvalue weighted by Gasteiger charge is -1.98. The Morgan fingerprint density at radius 1 is 1.33 bits per heavy atom. The van der Waals surface area contributed by atoms with E-state index >= 15 is 0 Å². The average Bonchev–Trinajstić information content (AvgIpc) is 2.22. The minimum Gasteiger partial charge on any atom is -0.392 e. The van der Waals surface area contributed by atoms with Crippen molar-refractivity contribution in [2.24, 2.45) is 0 Å². The number of esters is 1. The molecule has 0 aliphatic rings. The van der Waals surface area contributed by atoms with Crippen LogP contribution in [-0.2, 0) is 14.3 Å². The molecule has 1 aromatic rings. The van der Waals surface area contributed by atoms with Crippen molar-refractivity contribution in [3.05, 3.63) is 40.4 Å². The van der Waals surface area contributed by atoms with Crippen molar-refractivity contribution in [3.63, 3.8) is 0 Å². The number of carbonyl (C=O) groups excluding carboxylic acids is 2. The minimum atomic E-state index is -0.653. The van der Waals surface area contributed by atoms with Gasteiger partial charge in [-0.2, -0.15) is 0 Å². The van der Waals surface area contributed by atoms with Crippen LogP contribution >= 0.6 is 11.6 Å². The quantitative estimate of drug-likeness (QED) is 0.343. The standard InChI is InChI=1S/C11H9ClO3/c1-8(11(14)15-7-13)6-9-2-4-10(12)5-3-9/h2-7H,1H3. The summed E-state index contributed by atoms with van der Waals surface area (Å²) >= 11 is 5.70. The average molecular weight is 225 g/mol. The molecule has 4 heteroatoms. The molecule has 0 bridgehead atoms. The second kappa shape index (κ2) is 5.32. The summed E-state index contributed by atoms with van der Waals surface area (Å²) in [7, 11) is 0. The number of carbonyl (C=O) groups is 2. The van der Waals surface area contributed by atoms with Crippen LogP contribution < -0.4 is 0 Å². The summed E-state index contributed by atoms with van der Waals surface area (Å²) in [6.07, 6.45) is 1.61. The van der Waals surface area contributed by atoms with Gasteiger partial charge in [-0.05, 0) is 30.7 Å². The Morgan fingerprint density at radius 3 is 2.47 bits per heavy atom. The lowest BCUT2D eigenvalue weighted by Crippen LogP contribution is -2.03. The second-order valence-corrected chi connectivity index (χ2v) is 3.32. The van der Waals surface area contributed by atoms with Crippen molar-refractivity contribution in [1.82, 2.24) is 0 Å². The number of halogens is 1. The van der Waals surface area contributed by atoms with Gasteiger partial charge in [-0.3, -0.25) is 4.79 Å². The first-order valence-corrected chi connectivity index (χ1v) is 4.60. The maximum Gasteiger partial charge on any atom is 0.341 e. The summed E-state index contributed by atoms with van der Waals surface area (Å²) in [5.41, 5.74) is 1.17. The van der Waals surface area contributed by atoms with E-state index in [1.165, 1.54) is 0 Å². The van der Waals surface area contributed by atoms with E-state index in [0.29, 0.717) is 10.6 Å². The third-order valence-electron chi connectivity index (χ3n) is 1.73. The van der Waals surface area contributed by atoms with E-state index in [0.717, 1.165) is 5.56 Å². The van der Waals surface area contributed by atoms with Crippen LogP contribution in [0, 0.1) is 0 Å². The van der Waals surface area contributed by atoms with Gasteiger partial charge >= 0.3 is 12.4 Å². The van der Waals surface area contributed by atoms with Gasteiger partial charge in [0.25, 0.3) is 0 Å². The Morgan fingerprint density at radius 2 is 1.93 bits per heavy atom. The molecule has 1 aromatic carbocycles. The van der Waals surface area contributed by atoms with Crippen molar-refractivity contribution >= 4 is 30.1 Å². The first-order chi connectivity index (χ1) is 7.13. The molecular weight excluding hydrogens is 216 g/mol. The van der Waals surface area contributed by atoms with Crippen molar-refractivity contribution in [2.75, 3.05) is 0 Å². The Labute approximate surface area is 92.3 Å². The molecule has 0 saturated heterocycles. The number of hydrogen-bond acceptors (Lipinski definition) is 3. The monoisotopic (exact) mass is 224 g/mol. The highest BCUT2D eigenvalue weighted by molar-refractivity contribution is 6.30.